The van der Waals surface area contributed by atoms with Crippen molar-refractivity contribution in [3.8, 4) is 0 Å². The number of amides is 1. The number of rotatable bonds is 8. The monoisotopic (exact) mass is 295 g/mol. The van der Waals surface area contributed by atoms with E-state index in [2.05, 4.69) is 17.4 Å². The first kappa shape index (κ1) is 16.6. The van der Waals surface area contributed by atoms with Crippen molar-refractivity contribution >= 4 is 23.6 Å². The fourth-order valence-corrected chi connectivity index (χ4v) is 2.39. The molecule has 0 aliphatic heterocycles. The quantitative estimate of drug-likeness (QED) is 0.724. The van der Waals surface area contributed by atoms with Crippen LogP contribution in [0.15, 0.2) is 29.2 Å². The lowest BCUT2D eigenvalue weighted by Gasteiger charge is -2.08. The number of aliphatic carboxylic acids is 1. The van der Waals surface area contributed by atoms with Gasteiger partial charge >= 0.3 is 5.97 Å². The number of nitrogens with one attached hydrogen (secondary N) is 1. The maximum atomic E-state index is 11.6. The van der Waals surface area contributed by atoms with Crippen molar-refractivity contribution in [2.45, 2.75) is 31.6 Å². The summed E-state index contributed by atoms with van der Waals surface area (Å²) in [6, 6.07) is 8.20. The summed E-state index contributed by atoms with van der Waals surface area (Å²) in [5.41, 5.74) is 1.22. The van der Waals surface area contributed by atoms with Gasteiger partial charge in [-0.1, -0.05) is 24.6 Å². The van der Waals surface area contributed by atoms with Gasteiger partial charge < -0.3 is 10.4 Å². The molecule has 5 heteroatoms. The third-order valence-corrected chi connectivity index (χ3v) is 3.95. The Balaban J connectivity index is 2.14. The van der Waals surface area contributed by atoms with Crippen molar-refractivity contribution in [2.24, 2.45) is 5.92 Å². The zero-order chi connectivity index (χ0) is 15.0. The van der Waals surface area contributed by atoms with Gasteiger partial charge in [-0.05, 0) is 25.5 Å². The molecule has 0 aliphatic carbocycles. The van der Waals surface area contributed by atoms with E-state index in [1.165, 1.54) is 5.56 Å². The number of carboxylic acids is 1. The molecule has 0 fully saturated rings. The standard InChI is InChI=1S/C15H21NO3S/c1-11-3-5-13(6-4-11)20-10-8-14(17)16-9-7-12(2)15(18)19/h3-6,12H,7-10H2,1-2H3,(H,16,17)(H,18,19). The second kappa shape index (κ2) is 8.64. The normalized spacial score (nSPS) is 11.9. The minimum Gasteiger partial charge on any atom is -0.481 e. The molecule has 2 N–H and O–H groups in total. The van der Waals surface area contributed by atoms with Crippen LogP contribution >= 0.6 is 11.8 Å². The lowest BCUT2D eigenvalue weighted by Crippen LogP contribution is -2.27. The van der Waals surface area contributed by atoms with Gasteiger partial charge in [0.15, 0.2) is 0 Å². The van der Waals surface area contributed by atoms with Crippen molar-refractivity contribution in [3.63, 3.8) is 0 Å². The molecule has 0 heterocycles. The molecule has 0 bridgehead atoms. The topological polar surface area (TPSA) is 66.4 Å². The Morgan fingerprint density at radius 1 is 1.30 bits per heavy atom. The molecule has 110 valence electrons. The average Bonchev–Trinajstić information content (AvgIpc) is 2.40. The predicted molar refractivity (Wildman–Crippen MR) is 80.9 cm³/mol. The van der Waals surface area contributed by atoms with Crippen LogP contribution in [0.25, 0.3) is 0 Å². The zero-order valence-electron chi connectivity index (χ0n) is 11.9. The highest BCUT2D eigenvalue weighted by atomic mass is 32.2. The number of carboxylic acid groups (broad SMARTS) is 1. The van der Waals surface area contributed by atoms with Gasteiger partial charge in [0.05, 0.1) is 5.92 Å². The molecule has 20 heavy (non-hydrogen) atoms. The van der Waals surface area contributed by atoms with Crippen LogP contribution in [-0.4, -0.2) is 29.3 Å². The van der Waals surface area contributed by atoms with Crippen molar-refractivity contribution in [1.29, 1.82) is 0 Å². The molecule has 1 aromatic rings. The van der Waals surface area contributed by atoms with Crippen LogP contribution in [-0.2, 0) is 9.59 Å². The maximum absolute atomic E-state index is 11.6. The molecule has 0 aliphatic rings. The van der Waals surface area contributed by atoms with E-state index in [4.69, 9.17) is 5.11 Å². The molecule has 1 amide bonds. The number of hydrogen-bond acceptors (Lipinski definition) is 3. The minimum absolute atomic E-state index is 0.0257. The maximum Gasteiger partial charge on any atom is 0.306 e. The summed E-state index contributed by atoms with van der Waals surface area (Å²) >= 11 is 1.65. The highest BCUT2D eigenvalue weighted by molar-refractivity contribution is 7.99. The van der Waals surface area contributed by atoms with Crippen LogP contribution < -0.4 is 5.32 Å². The Bertz CT molecular complexity index is 445. The van der Waals surface area contributed by atoms with Crippen LogP contribution in [0.3, 0.4) is 0 Å². The van der Waals surface area contributed by atoms with Gasteiger partial charge in [-0.2, -0.15) is 0 Å². The smallest absolute Gasteiger partial charge is 0.306 e. The third kappa shape index (κ3) is 6.61. The summed E-state index contributed by atoms with van der Waals surface area (Å²) in [7, 11) is 0. The largest absolute Gasteiger partial charge is 0.481 e. The van der Waals surface area contributed by atoms with Crippen molar-refractivity contribution in [2.75, 3.05) is 12.3 Å². The molecular weight excluding hydrogens is 274 g/mol. The molecule has 4 nitrogen and oxygen atoms in total. The van der Waals surface area contributed by atoms with E-state index in [1.807, 2.05) is 19.1 Å². The zero-order valence-corrected chi connectivity index (χ0v) is 12.7. The Morgan fingerprint density at radius 2 is 1.95 bits per heavy atom. The summed E-state index contributed by atoms with van der Waals surface area (Å²) in [5, 5.41) is 11.5. The van der Waals surface area contributed by atoms with Gasteiger partial charge in [0.1, 0.15) is 0 Å². The summed E-state index contributed by atoms with van der Waals surface area (Å²) in [6.07, 6.45) is 0.909. The first-order chi connectivity index (χ1) is 9.49. The Labute approximate surface area is 124 Å². The van der Waals surface area contributed by atoms with Crippen LogP contribution in [0.4, 0.5) is 0 Å². The Kier molecular flexibility index (Phi) is 7.15. The van der Waals surface area contributed by atoms with E-state index < -0.39 is 11.9 Å². The molecule has 1 unspecified atom stereocenters. The van der Waals surface area contributed by atoms with Crippen LogP contribution in [0.1, 0.15) is 25.3 Å². The van der Waals surface area contributed by atoms with Gasteiger partial charge in [0.2, 0.25) is 5.91 Å². The van der Waals surface area contributed by atoms with E-state index in [1.54, 1.807) is 18.7 Å². The van der Waals surface area contributed by atoms with Crippen molar-refractivity contribution in [3.05, 3.63) is 29.8 Å². The van der Waals surface area contributed by atoms with Gasteiger partial charge in [0, 0.05) is 23.6 Å². The van der Waals surface area contributed by atoms with Crippen LogP contribution in [0, 0.1) is 12.8 Å². The van der Waals surface area contributed by atoms with E-state index >= 15 is 0 Å². The predicted octanol–water partition coefficient (Wildman–Crippen LogP) is 2.70. The molecule has 1 atom stereocenters. The minimum atomic E-state index is -0.825. The van der Waals surface area contributed by atoms with E-state index in [0.29, 0.717) is 19.4 Å². The number of carbonyl (C=O) groups is 2. The third-order valence-electron chi connectivity index (χ3n) is 2.94. The number of benzene rings is 1. The number of aryl methyl sites for hydroxylation is 1. The number of carbonyl (C=O) groups excluding carboxylic acids is 1. The first-order valence-electron chi connectivity index (χ1n) is 6.68. The van der Waals surface area contributed by atoms with Crippen LogP contribution in [0.2, 0.25) is 0 Å². The first-order valence-corrected chi connectivity index (χ1v) is 7.66. The molecule has 0 aromatic heterocycles. The summed E-state index contributed by atoms with van der Waals surface area (Å²) < 4.78 is 0. The van der Waals surface area contributed by atoms with Crippen molar-refractivity contribution < 1.29 is 14.7 Å². The van der Waals surface area contributed by atoms with Crippen molar-refractivity contribution in [1.82, 2.24) is 5.32 Å². The lowest BCUT2D eigenvalue weighted by molar-refractivity contribution is -0.141. The molecule has 1 aromatic carbocycles. The molecule has 1 rings (SSSR count). The fraction of sp³-hybridized carbons (Fsp3) is 0.467. The molecule has 0 radical (unpaired) electrons. The van der Waals surface area contributed by atoms with Gasteiger partial charge in [0.25, 0.3) is 0 Å². The number of thioether (sulfide) groups is 1. The Hall–Kier alpha value is -1.49. The summed E-state index contributed by atoms with van der Waals surface area (Å²) in [4.78, 5) is 23.3. The van der Waals surface area contributed by atoms with Gasteiger partial charge in [-0.25, -0.2) is 0 Å². The van der Waals surface area contributed by atoms with E-state index in [9.17, 15) is 9.59 Å². The molecule has 0 saturated carbocycles. The second-order valence-electron chi connectivity index (χ2n) is 4.79. The Morgan fingerprint density at radius 3 is 2.55 bits per heavy atom. The fourth-order valence-electron chi connectivity index (χ4n) is 1.54. The van der Waals surface area contributed by atoms with E-state index in [0.717, 1.165) is 10.6 Å². The van der Waals surface area contributed by atoms with Crippen LogP contribution in [0.5, 0.6) is 0 Å². The number of hydrogen-bond donors (Lipinski definition) is 2. The molecular formula is C15H21NO3S. The van der Waals surface area contributed by atoms with Gasteiger partial charge in [-0.15, -0.1) is 11.8 Å². The summed E-state index contributed by atoms with van der Waals surface area (Å²) in [5.74, 6) is -0.544. The molecule has 0 spiro atoms. The van der Waals surface area contributed by atoms with E-state index in [-0.39, 0.29) is 5.91 Å². The summed E-state index contributed by atoms with van der Waals surface area (Å²) in [6.45, 7) is 4.10. The SMILES string of the molecule is Cc1ccc(SCCC(=O)NCCC(C)C(=O)O)cc1. The average molecular weight is 295 g/mol. The highest BCUT2D eigenvalue weighted by Crippen LogP contribution is 2.18. The van der Waals surface area contributed by atoms with Gasteiger partial charge in [-0.3, -0.25) is 9.59 Å². The molecule has 0 saturated heterocycles. The second-order valence-corrected chi connectivity index (χ2v) is 5.96. The highest BCUT2D eigenvalue weighted by Gasteiger charge is 2.10. The lowest BCUT2D eigenvalue weighted by atomic mass is 10.1.